The normalized spacial score (nSPS) is 11.7. The van der Waals surface area contributed by atoms with Gasteiger partial charge in [0.2, 0.25) is 10.0 Å². The van der Waals surface area contributed by atoms with E-state index in [0.717, 1.165) is 32.8 Å². The van der Waals surface area contributed by atoms with Crippen molar-refractivity contribution >= 4 is 21.4 Å². The summed E-state index contributed by atoms with van der Waals surface area (Å²) in [4.78, 5) is 5.48. The predicted molar refractivity (Wildman–Crippen MR) is 102 cm³/mol. The lowest BCUT2D eigenvalue weighted by Gasteiger charge is -2.07. The Morgan fingerprint density at radius 3 is 2.50 bits per heavy atom. The number of nitrogens with one attached hydrogen (secondary N) is 1. The number of benzene rings is 2. The number of rotatable bonds is 5. The molecule has 1 N–H and O–H groups in total. The molecule has 0 aliphatic carbocycles. The van der Waals surface area contributed by atoms with Crippen molar-refractivity contribution in [2.45, 2.75) is 32.2 Å². The number of sulfonamides is 1. The van der Waals surface area contributed by atoms with E-state index >= 15 is 0 Å². The number of aryl methyl sites for hydroxylation is 3. The van der Waals surface area contributed by atoms with Crippen LogP contribution in [-0.4, -0.2) is 13.4 Å². The maximum Gasteiger partial charge on any atom is 0.240 e. The average molecular weight is 391 g/mol. The Balaban J connectivity index is 1.81. The Labute approximate surface area is 156 Å². The van der Waals surface area contributed by atoms with Gasteiger partial charge in [-0.2, -0.15) is 0 Å². The third-order valence-corrected chi connectivity index (χ3v) is 6.72. The first kappa shape index (κ1) is 18.7. The second-order valence-corrected chi connectivity index (χ2v) is 8.93. The van der Waals surface area contributed by atoms with Crippen LogP contribution in [-0.2, 0) is 16.6 Å². The monoisotopic (exact) mass is 390 g/mol. The van der Waals surface area contributed by atoms with E-state index in [1.807, 2.05) is 38.1 Å². The molecule has 0 atom stereocenters. The summed E-state index contributed by atoms with van der Waals surface area (Å²) >= 11 is 1.47. The minimum Gasteiger partial charge on any atom is -0.241 e. The minimum atomic E-state index is -3.72. The lowest BCUT2D eigenvalue weighted by molar-refractivity contribution is 0.580. The van der Waals surface area contributed by atoms with Crippen molar-refractivity contribution in [3.05, 3.63) is 70.0 Å². The van der Waals surface area contributed by atoms with Crippen LogP contribution in [0, 0.1) is 26.6 Å². The van der Waals surface area contributed by atoms with Gasteiger partial charge < -0.3 is 0 Å². The first-order valence-electron chi connectivity index (χ1n) is 8.06. The second kappa shape index (κ2) is 7.26. The summed E-state index contributed by atoms with van der Waals surface area (Å²) in [5.74, 6) is -0.426. The topological polar surface area (TPSA) is 59.1 Å². The number of thiazole rings is 1. The number of hydrogen-bond donors (Lipinski definition) is 1. The maximum atomic E-state index is 13.4. The molecule has 0 bridgehead atoms. The molecule has 3 rings (SSSR count). The largest absolute Gasteiger partial charge is 0.241 e. The Morgan fingerprint density at radius 2 is 1.81 bits per heavy atom. The summed E-state index contributed by atoms with van der Waals surface area (Å²) in [7, 11) is -3.72. The molecule has 0 saturated heterocycles. The zero-order chi connectivity index (χ0) is 18.9. The van der Waals surface area contributed by atoms with E-state index < -0.39 is 15.8 Å². The first-order valence-corrected chi connectivity index (χ1v) is 10.4. The zero-order valence-corrected chi connectivity index (χ0v) is 16.3. The average Bonchev–Trinajstić information content (AvgIpc) is 2.96. The number of hydrogen-bond acceptors (Lipinski definition) is 4. The van der Waals surface area contributed by atoms with Crippen LogP contribution in [0.5, 0.6) is 0 Å². The molecular weight excluding hydrogens is 371 g/mol. The Bertz CT molecular complexity index is 1060. The van der Waals surface area contributed by atoms with Gasteiger partial charge in [-0.1, -0.05) is 24.3 Å². The van der Waals surface area contributed by atoms with Gasteiger partial charge >= 0.3 is 0 Å². The van der Waals surface area contributed by atoms with Gasteiger partial charge in [-0.15, -0.1) is 11.3 Å². The minimum absolute atomic E-state index is 0.0534. The SMILES string of the molecule is Cc1cc(S(=O)(=O)NCc2sc(-c3ccccc3C)nc2C)ccc1F. The summed E-state index contributed by atoms with van der Waals surface area (Å²) < 4.78 is 40.9. The molecule has 3 aromatic rings. The van der Waals surface area contributed by atoms with Crippen molar-refractivity contribution in [3.8, 4) is 10.6 Å². The van der Waals surface area contributed by atoms with Gasteiger partial charge in [0.25, 0.3) is 0 Å². The third-order valence-electron chi connectivity index (χ3n) is 4.13. The maximum absolute atomic E-state index is 13.4. The van der Waals surface area contributed by atoms with Crippen LogP contribution >= 0.6 is 11.3 Å². The van der Waals surface area contributed by atoms with Crippen LogP contribution < -0.4 is 4.72 Å². The smallest absolute Gasteiger partial charge is 0.240 e. The summed E-state index contributed by atoms with van der Waals surface area (Å²) in [6.07, 6.45) is 0. The molecule has 26 heavy (non-hydrogen) atoms. The lowest BCUT2D eigenvalue weighted by atomic mass is 10.1. The van der Waals surface area contributed by atoms with Crippen LogP contribution in [0.2, 0.25) is 0 Å². The van der Waals surface area contributed by atoms with Crippen molar-refractivity contribution in [1.29, 1.82) is 0 Å². The van der Waals surface area contributed by atoms with Crippen LogP contribution in [0.15, 0.2) is 47.4 Å². The molecule has 0 aliphatic heterocycles. The summed E-state index contributed by atoms with van der Waals surface area (Å²) in [5, 5.41) is 0.868. The molecule has 4 nitrogen and oxygen atoms in total. The zero-order valence-electron chi connectivity index (χ0n) is 14.7. The molecule has 0 spiro atoms. The molecule has 0 saturated carbocycles. The molecular formula is C19H19FN2O2S2. The van der Waals surface area contributed by atoms with Crippen molar-refractivity contribution in [2.24, 2.45) is 0 Å². The van der Waals surface area contributed by atoms with Gasteiger partial charge in [-0.05, 0) is 50.1 Å². The molecule has 136 valence electrons. The molecule has 0 amide bonds. The van der Waals surface area contributed by atoms with Crippen LogP contribution in [0.4, 0.5) is 4.39 Å². The Morgan fingerprint density at radius 1 is 1.08 bits per heavy atom. The predicted octanol–water partition coefficient (Wildman–Crippen LogP) is 4.35. The van der Waals surface area contributed by atoms with Gasteiger partial charge in [0, 0.05) is 17.0 Å². The van der Waals surface area contributed by atoms with E-state index in [1.165, 1.54) is 30.4 Å². The van der Waals surface area contributed by atoms with E-state index in [4.69, 9.17) is 0 Å². The highest BCUT2D eigenvalue weighted by molar-refractivity contribution is 7.89. The summed E-state index contributed by atoms with van der Waals surface area (Å²) in [6, 6.07) is 11.7. The second-order valence-electron chi connectivity index (χ2n) is 6.08. The molecule has 0 fully saturated rings. The number of aromatic nitrogens is 1. The van der Waals surface area contributed by atoms with Crippen LogP contribution in [0.25, 0.3) is 10.6 Å². The Kier molecular flexibility index (Phi) is 5.22. The van der Waals surface area contributed by atoms with E-state index in [2.05, 4.69) is 9.71 Å². The fraction of sp³-hybridized carbons (Fsp3) is 0.211. The standard InChI is InChI=1S/C19H19FN2O2S2/c1-12-6-4-5-7-16(12)19-22-14(3)18(25-19)11-21-26(23,24)15-8-9-17(20)13(2)10-15/h4-10,21H,11H2,1-3H3. The fourth-order valence-corrected chi connectivity index (χ4v) is 4.81. The van der Waals surface area contributed by atoms with E-state index in [-0.39, 0.29) is 11.4 Å². The van der Waals surface area contributed by atoms with Crippen molar-refractivity contribution in [2.75, 3.05) is 0 Å². The number of nitrogens with zero attached hydrogens (tertiary/aromatic N) is 1. The highest BCUT2D eigenvalue weighted by Crippen LogP contribution is 2.30. The van der Waals surface area contributed by atoms with Gasteiger partial charge in [-0.3, -0.25) is 0 Å². The summed E-state index contributed by atoms with van der Waals surface area (Å²) in [5.41, 5.74) is 3.26. The van der Waals surface area contributed by atoms with Crippen molar-refractivity contribution < 1.29 is 12.8 Å². The lowest BCUT2D eigenvalue weighted by Crippen LogP contribution is -2.23. The van der Waals surface area contributed by atoms with Gasteiger partial charge in [-0.25, -0.2) is 22.5 Å². The molecule has 7 heteroatoms. The highest BCUT2D eigenvalue weighted by atomic mass is 32.2. The van der Waals surface area contributed by atoms with Gasteiger partial charge in [0.15, 0.2) is 0 Å². The highest BCUT2D eigenvalue weighted by Gasteiger charge is 2.17. The Hall–Kier alpha value is -2.09. The molecule has 1 heterocycles. The van der Waals surface area contributed by atoms with E-state index in [1.54, 1.807) is 0 Å². The summed E-state index contributed by atoms with van der Waals surface area (Å²) in [6.45, 7) is 5.57. The number of halogens is 1. The van der Waals surface area contributed by atoms with Crippen LogP contribution in [0.1, 0.15) is 21.7 Å². The quantitative estimate of drug-likeness (QED) is 0.704. The molecule has 0 aliphatic rings. The van der Waals surface area contributed by atoms with E-state index in [0.29, 0.717) is 5.56 Å². The third kappa shape index (κ3) is 3.85. The fourth-order valence-electron chi connectivity index (χ4n) is 2.55. The molecule has 0 unspecified atom stereocenters. The molecule has 2 aromatic carbocycles. The molecule has 1 aromatic heterocycles. The van der Waals surface area contributed by atoms with Crippen LogP contribution in [0.3, 0.4) is 0 Å². The molecule has 0 radical (unpaired) electrons. The first-order chi connectivity index (χ1) is 12.3. The van der Waals surface area contributed by atoms with Crippen molar-refractivity contribution in [1.82, 2.24) is 9.71 Å². The van der Waals surface area contributed by atoms with Gasteiger partial charge in [0.05, 0.1) is 10.6 Å². The van der Waals surface area contributed by atoms with E-state index in [9.17, 15) is 12.8 Å². The van der Waals surface area contributed by atoms with Gasteiger partial charge in [0.1, 0.15) is 10.8 Å². The van der Waals surface area contributed by atoms with Crippen molar-refractivity contribution in [3.63, 3.8) is 0 Å².